The Kier molecular flexibility index (Phi) is 4.34. The van der Waals surface area contributed by atoms with E-state index >= 15 is 0 Å². The molecular formula is C12H14N2O2. The van der Waals surface area contributed by atoms with Crippen molar-refractivity contribution in [2.45, 2.75) is 20.3 Å². The van der Waals surface area contributed by atoms with E-state index in [2.05, 4.69) is 17.2 Å². The molecule has 0 aliphatic heterocycles. The van der Waals surface area contributed by atoms with Gasteiger partial charge in [0.05, 0.1) is 4.92 Å². The zero-order valence-corrected chi connectivity index (χ0v) is 9.41. The zero-order chi connectivity index (χ0) is 12.0. The van der Waals surface area contributed by atoms with Crippen molar-refractivity contribution in [2.75, 3.05) is 11.9 Å². The Morgan fingerprint density at radius 2 is 2.25 bits per heavy atom. The normalized spacial score (nSPS) is 9.12. The van der Waals surface area contributed by atoms with Crippen LogP contribution in [0.4, 0.5) is 11.4 Å². The van der Waals surface area contributed by atoms with Gasteiger partial charge in [-0.1, -0.05) is 12.1 Å². The molecular weight excluding hydrogens is 204 g/mol. The van der Waals surface area contributed by atoms with Crippen molar-refractivity contribution in [1.82, 2.24) is 0 Å². The van der Waals surface area contributed by atoms with Gasteiger partial charge in [0.15, 0.2) is 0 Å². The summed E-state index contributed by atoms with van der Waals surface area (Å²) in [6, 6.07) is 5.25. The molecule has 0 fully saturated rings. The molecule has 0 heterocycles. The van der Waals surface area contributed by atoms with Gasteiger partial charge in [-0.15, -0.1) is 11.8 Å². The van der Waals surface area contributed by atoms with Crippen LogP contribution in [0.15, 0.2) is 18.2 Å². The Labute approximate surface area is 94.8 Å². The molecule has 0 saturated carbocycles. The molecule has 4 heteroatoms. The second kappa shape index (κ2) is 5.76. The van der Waals surface area contributed by atoms with Crippen LogP contribution in [0, 0.1) is 28.9 Å². The number of benzene rings is 1. The predicted molar refractivity (Wildman–Crippen MR) is 64.4 cm³/mol. The first-order chi connectivity index (χ1) is 7.66. The molecule has 0 radical (unpaired) electrons. The minimum Gasteiger partial charge on any atom is -0.379 e. The van der Waals surface area contributed by atoms with Crippen LogP contribution in [0.5, 0.6) is 0 Å². The quantitative estimate of drug-likeness (QED) is 0.366. The SMILES string of the molecule is CC#CCCNc1cccc(C)c1[N+](=O)[O-]. The highest BCUT2D eigenvalue weighted by Gasteiger charge is 2.15. The molecule has 0 amide bonds. The highest BCUT2D eigenvalue weighted by atomic mass is 16.6. The highest BCUT2D eigenvalue weighted by molar-refractivity contribution is 5.64. The summed E-state index contributed by atoms with van der Waals surface area (Å²) in [6.07, 6.45) is 0.682. The van der Waals surface area contributed by atoms with E-state index in [1.807, 2.05) is 0 Å². The van der Waals surface area contributed by atoms with Gasteiger partial charge in [-0.25, -0.2) is 0 Å². The number of hydrogen-bond donors (Lipinski definition) is 1. The van der Waals surface area contributed by atoms with Gasteiger partial charge in [0.2, 0.25) is 0 Å². The number of anilines is 1. The standard InChI is InChI=1S/C12H14N2O2/c1-3-4-5-9-13-11-8-6-7-10(2)12(11)14(15)16/h6-8,13H,5,9H2,1-2H3. The molecule has 1 aromatic rings. The molecule has 0 aliphatic rings. The Balaban J connectivity index is 2.81. The van der Waals surface area contributed by atoms with E-state index in [0.29, 0.717) is 24.2 Å². The molecule has 84 valence electrons. The number of nitrogens with zero attached hydrogens (tertiary/aromatic N) is 1. The number of nitro groups is 1. The van der Waals surface area contributed by atoms with E-state index in [1.165, 1.54) is 0 Å². The summed E-state index contributed by atoms with van der Waals surface area (Å²) in [6.45, 7) is 4.12. The molecule has 1 N–H and O–H groups in total. The summed E-state index contributed by atoms with van der Waals surface area (Å²) < 4.78 is 0. The maximum Gasteiger partial charge on any atom is 0.295 e. The lowest BCUT2D eigenvalue weighted by Gasteiger charge is -2.06. The number of para-hydroxylation sites is 1. The summed E-state index contributed by atoms with van der Waals surface area (Å²) in [5.74, 6) is 5.68. The third-order valence-electron chi connectivity index (χ3n) is 2.16. The Morgan fingerprint density at radius 1 is 1.50 bits per heavy atom. The number of nitro benzene ring substituents is 1. The number of nitrogens with one attached hydrogen (secondary N) is 1. The summed E-state index contributed by atoms with van der Waals surface area (Å²) in [4.78, 5) is 10.5. The van der Waals surface area contributed by atoms with Gasteiger partial charge >= 0.3 is 0 Å². The minimum atomic E-state index is -0.358. The number of aryl methyl sites for hydroxylation is 1. The molecule has 4 nitrogen and oxygen atoms in total. The first-order valence-electron chi connectivity index (χ1n) is 5.04. The fourth-order valence-electron chi connectivity index (χ4n) is 1.43. The van der Waals surface area contributed by atoms with Gasteiger partial charge < -0.3 is 5.32 Å². The van der Waals surface area contributed by atoms with Crippen LogP contribution in [0.25, 0.3) is 0 Å². The predicted octanol–water partition coefficient (Wildman–Crippen LogP) is 2.73. The Morgan fingerprint density at radius 3 is 2.88 bits per heavy atom. The van der Waals surface area contributed by atoms with Crippen molar-refractivity contribution < 1.29 is 4.92 Å². The first-order valence-corrected chi connectivity index (χ1v) is 5.04. The van der Waals surface area contributed by atoms with E-state index in [1.54, 1.807) is 32.0 Å². The molecule has 0 bridgehead atoms. The fraction of sp³-hybridized carbons (Fsp3) is 0.333. The van der Waals surface area contributed by atoms with Gasteiger partial charge in [0.1, 0.15) is 5.69 Å². The van der Waals surface area contributed by atoms with Gasteiger partial charge in [-0.3, -0.25) is 10.1 Å². The minimum absolute atomic E-state index is 0.145. The average Bonchev–Trinajstić information content (AvgIpc) is 2.24. The second-order valence-corrected chi connectivity index (χ2v) is 3.33. The monoisotopic (exact) mass is 218 g/mol. The van der Waals surface area contributed by atoms with E-state index < -0.39 is 0 Å². The van der Waals surface area contributed by atoms with Crippen molar-refractivity contribution in [3.8, 4) is 11.8 Å². The summed E-state index contributed by atoms with van der Waals surface area (Å²) in [5.41, 5.74) is 1.37. The van der Waals surface area contributed by atoms with E-state index in [0.717, 1.165) is 0 Å². The van der Waals surface area contributed by atoms with Gasteiger partial charge in [0, 0.05) is 18.5 Å². The van der Waals surface area contributed by atoms with Crippen molar-refractivity contribution in [1.29, 1.82) is 0 Å². The van der Waals surface area contributed by atoms with Crippen LogP contribution in [0.2, 0.25) is 0 Å². The van der Waals surface area contributed by atoms with E-state index in [9.17, 15) is 10.1 Å². The lowest BCUT2D eigenvalue weighted by atomic mass is 10.1. The molecule has 16 heavy (non-hydrogen) atoms. The summed E-state index contributed by atoms with van der Waals surface area (Å²) in [5, 5.41) is 13.9. The zero-order valence-electron chi connectivity index (χ0n) is 9.41. The van der Waals surface area contributed by atoms with Crippen molar-refractivity contribution >= 4 is 11.4 Å². The molecule has 0 saturated heterocycles. The number of hydrogen-bond acceptors (Lipinski definition) is 3. The van der Waals surface area contributed by atoms with E-state index in [-0.39, 0.29) is 10.6 Å². The molecule has 0 spiro atoms. The molecule has 0 unspecified atom stereocenters. The van der Waals surface area contributed by atoms with Crippen LogP contribution in [0.1, 0.15) is 18.9 Å². The van der Waals surface area contributed by atoms with Gasteiger partial charge in [-0.2, -0.15) is 0 Å². The Bertz CT molecular complexity index is 444. The van der Waals surface area contributed by atoms with Crippen LogP contribution in [-0.4, -0.2) is 11.5 Å². The number of rotatable bonds is 4. The molecule has 0 aliphatic carbocycles. The maximum absolute atomic E-state index is 10.9. The third-order valence-corrected chi connectivity index (χ3v) is 2.16. The van der Waals surface area contributed by atoms with Gasteiger partial charge in [-0.05, 0) is 19.9 Å². The lowest BCUT2D eigenvalue weighted by Crippen LogP contribution is -2.04. The van der Waals surface area contributed by atoms with Crippen molar-refractivity contribution in [3.05, 3.63) is 33.9 Å². The second-order valence-electron chi connectivity index (χ2n) is 3.33. The first kappa shape index (κ1) is 12.1. The van der Waals surface area contributed by atoms with E-state index in [4.69, 9.17) is 0 Å². The van der Waals surface area contributed by atoms with Crippen LogP contribution >= 0.6 is 0 Å². The average molecular weight is 218 g/mol. The largest absolute Gasteiger partial charge is 0.379 e. The van der Waals surface area contributed by atoms with Crippen LogP contribution in [0.3, 0.4) is 0 Å². The molecule has 1 rings (SSSR count). The third kappa shape index (κ3) is 2.99. The van der Waals surface area contributed by atoms with Crippen LogP contribution in [-0.2, 0) is 0 Å². The Hall–Kier alpha value is -2.02. The smallest absolute Gasteiger partial charge is 0.295 e. The van der Waals surface area contributed by atoms with Crippen molar-refractivity contribution in [3.63, 3.8) is 0 Å². The maximum atomic E-state index is 10.9. The fourth-order valence-corrected chi connectivity index (χ4v) is 1.43. The van der Waals surface area contributed by atoms with Crippen LogP contribution < -0.4 is 5.32 Å². The summed E-state index contributed by atoms with van der Waals surface area (Å²) >= 11 is 0. The molecule has 0 aromatic heterocycles. The van der Waals surface area contributed by atoms with Gasteiger partial charge in [0.25, 0.3) is 5.69 Å². The molecule has 0 atom stereocenters. The lowest BCUT2D eigenvalue weighted by molar-refractivity contribution is -0.384. The summed E-state index contributed by atoms with van der Waals surface area (Å²) in [7, 11) is 0. The highest BCUT2D eigenvalue weighted by Crippen LogP contribution is 2.27. The molecule has 1 aromatic carbocycles. The topological polar surface area (TPSA) is 55.2 Å². The van der Waals surface area contributed by atoms with Crippen molar-refractivity contribution in [2.24, 2.45) is 0 Å².